The molecule has 1 aromatic heterocycles. The van der Waals surface area contributed by atoms with Crippen LogP contribution in [0.15, 0.2) is 145 Å². The van der Waals surface area contributed by atoms with Crippen LogP contribution in [-0.2, 0) is 12.8 Å². The van der Waals surface area contributed by atoms with Gasteiger partial charge in [-0.25, -0.2) is 0 Å². The zero-order valence-electron chi connectivity index (χ0n) is 28.1. The Balaban J connectivity index is 0.989. The predicted octanol–water partition coefficient (Wildman–Crippen LogP) is 9.86. The summed E-state index contributed by atoms with van der Waals surface area (Å²) >= 11 is 0. The fourth-order valence-electron chi connectivity index (χ4n) is 8.86. The van der Waals surface area contributed by atoms with Gasteiger partial charge in [0.25, 0.3) is 0 Å². The van der Waals surface area contributed by atoms with Crippen molar-refractivity contribution >= 4 is 32.8 Å². The Morgan fingerprint density at radius 1 is 0.714 bits per heavy atom. The Labute approximate surface area is 290 Å². The third kappa shape index (κ3) is 5.77. The maximum atomic E-state index is 4.96. The van der Waals surface area contributed by atoms with Gasteiger partial charge in [0.15, 0.2) is 0 Å². The summed E-state index contributed by atoms with van der Waals surface area (Å²) in [6.07, 6.45) is 11.1. The number of pyridine rings is 1. The van der Waals surface area contributed by atoms with E-state index < -0.39 is 0 Å². The molecule has 3 aliphatic rings. The second-order valence-electron chi connectivity index (χ2n) is 14.1. The molecule has 242 valence electrons. The van der Waals surface area contributed by atoms with E-state index in [9.17, 15) is 0 Å². The lowest BCUT2D eigenvalue weighted by Gasteiger charge is -2.37. The summed E-state index contributed by atoms with van der Waals surface area (Å²) < 4.78 is 0. The van der Waals surface area contributed by atoms with Gasteiger partial charge in [0.2, 0.25) is 0 Å². The summed E-state index contributed by atoms with van der Waals surface area (Å²) in [6, 6.07) is 45.0. The molecule has 0 spiro atoms. The van der Waals surface area contributed by atoms with Crippen molar-refractivity contribution in [2.75, 3.05) is 37.6 Å². The van der Waals surface area contributed by atoms with Crippen molar-refractivity contribution in [3.63, 3.8) is 0 Å². The van der Waals surface area contributed by atoms with Gasteiger partial charge in [0, 0.05) is 61.6 Å². The third-order valence-electron chi connectivity index (χ3n) is 11.3. The average Bonchev–Trinajstić information content (AvgIpc) is 3.18. The van der Waals surface area contributed by atoms with E-state index in [-0.39, 0.29) is 5.92 Å². The Bertz CT molecular complexity index is 2130. The molecule has 2 aliphatic carbocycles. The van der Waals surface area contributed by atoms with Gasteiger partial charge < -0.3 is 4.90 Å². The molecule has 1 fully saturated rings. The molecule has 2 atom stereocenters. The van der Waals surface area contributed by atoms with E-state index in [2.05, 4.69) is 137 Å². The quantitative estimate of drug-likeness (QED) is 0.174. The van der Waals surface area contributed by atoms with Gasteiger partial charge in [-0.2, -0.15) is 0 Å². The molecule has 1 saturated heterocycles. The van der Waals surface area contributed by atoms with Crippen LogP contribution in [0.4, 0.5) is 5.69 Å². The molecule has 0 bridgehead atoms. The van der Waals surface area contributed by atoms with E-state index >= 15 is 0 Å². The highest BCUT2D eigenvalue weighted by atomic mass is 15.3. The van der Waals surface area contributed by atoms with Crippen LogP contribution in [0, 0.1) is 5.92 Å². The molecule has 6 aromatic rings. The minimum atomic E-state index is 0.220. The minimum absolute atomic E-state index is 0.220. The molecule has 49 heavy (non-hydrogen) atoms. The van der Waals surface area contributed by atoms with E-state index in [1.165, 1.54) is 60.8 Å². The SMILES string of the molecule is C1=CC2=C(CC1)C(C(c1ccccc1)c1ccccn1)Cc1c2ccc2ccc(CCN3CCN(c4cccc5ccccc45)CC3)cc12. The zero-order chi connectivity index (χ0) is 32.6. The Morgan fingerprint density at radius 2 is 1.51 bits per heavy atom. The molecule has 0 N–H and O–H groups in total. The van der Waals surface area contributed by atoms with Gasteiger partial charge >= 0.3 is 0 Å². The second kappa shape index (κ2) is 13.1. The van der Waals surface area contributed by atoms with E-state index in [0.29, 0.717) is 5.92 Å². The molecule has 2 unspecified atom stereocenters. The number of hydrogen-bond acceptors (Lipinski definition) is 3. The number of allylic oxidation sites excluding steroid dienone is 4. The number of fused-ring (bicyclic) bond motifs is 5. The molecular weight excluding hydrogens is 595 g/mol. The second-order valence-corrected chi connectivity index (χ2v) is 14.1. The van der Waals surface area contributed by atoms with E-state index in [0.717, 1.165) is 58.4 Å². The minimum Gasteiger partial charge on any atom is -0.368 e. The molecule has 5 aromatic carbocycles. The first-order chi connectivity index (χ1) is 24.3. The maximum Gasteiger partial charge on any atom is 0.0484 e. The van der Waals surface area contributed by atoms with Gasteiger partial charge in [-0.15, -0.1) is 0 Å². The number of piperazine rings is 1. The largest absolute Gasteiger partial charge is 0.368 e. The molecular formula is C46H43N3. The van der Waals surface area contributed by atoms with Crippen molar-refractivity contribution in [2.24, 2.45) is 5.92 Å². The van der Waals surface area contributed by atoms with Crippen molar-refractivity contribution in [2.45, 2.75) is 31.6 Å². The average molecular weight is 638 g/mol. The van der Waals surface area contributed by atoms with Gasteiger partial charge in [0.1, 0.15) is 0 Å². The standard InChI is InChI=1S/C46H43N3/c1-2-12-36(13-3-1)46(44-18-8-9-25-47-44)43-32-42-40(38-16-6-7-17-39(38)43)23-22-35-21-20-33(31-41(35)42)24-26-48-27-29-49(30-28-48)45-19-10-14-34-11-4-5-15-37(34)45/h1-6,8-16,18-23,25,31,43,46H,7,17,24,26-30,32H2. The first kappa shape index (κ1) is 30.1. The summed E-state index contributed by atoms with van der Waals surface area (Å²) in [6.45, 7) is 5.45. The molecule has 9 rings (SSSR count). The Kier molecular flexibility index (Phi) is 8.07. The fraction of sp³-hybridized carbons (Fsp3) is 0.239. The monoisotopic (exact) mass is 637 g/mol. The number of rotatable bonds is 7. The van der Waals surface area contributed by atoms with E-state index in [1.54, 1.807) is 5.57 Å². The number of aromatic nitrogens is 1. The van der Waals surface area contributed by atoms with Crippen molar-refractivity contribution in [3.8, 4) is 0 Å². The molecule has 3 heteroatoms. The maximum absolute atomic E-state index is 4.96. The number of hydrogen-bond donors (Lipinski definition) is 0. The fourth-order valence-corrected chi connectivity index (χ4v) is 8.86. The van der Waals surface area contributed by atoms with Crippen LogP contribution in [0.3, 0.4) is 0 Å². The first-order valence-corrected chi connectivity index (χ1v) is 18.2. The lowest BCUT2D eigenvalue weighted by molar-refractivity contribution is 0.261. The molecule has 0 radical (unpaired) electrons. The highest BCUT2D eigenvalue weighted by Gasteiger charge is 2.35. The summed E-state index contributed by atoms with van der Waals surface area (Å²) in [5, 5.41) is 5.47. The molecule has 2 heterocycles. The van der Waals surface area contributed by atoms with Gasteiger partial charge in [-0.3, -0.25) is 9.88 Å². The van der Waals surface area contributed by atoms with Crippen molar-refractivity contribution in [1.82, 2.24) is 9.88 Å². The molecule has 0 amide bonds. The Morgan fingerprint density at radius 3 is 2.39 bits per heavy atom. The van der Waals surface area contributed by atoms with Crippen LogP contribution >= 0.6 is 0 Å². The van der Waals surface area contributed by atoms with Crippen LogP contribution < -0.4 is 4.90 Å². The van der Waals surface area contributed by atoms with Crippen LogP contribution in [0.5, 0.6) is 0 Å². The summed E-state index contributed by atoms with van der Waals surface area (Å²) in [5.74, 6) is 0.593. The summed E-state index contributed by atoms with van der Waals surface area (Å²) in [4.78, 5) is 10.2. The Hall–Kier alpha value is -4.99. The van der Waals surface area contributed by atoms with E-state index in [4.69, 9.17) is 4.98 Å². The van der Waals surface area contributed by atoms with Crippen LogP contribution in [0.2, 0.25) is 0 Å². The van der Waals surface area contributed by atoms with Gasteiger partial charge in [0.05, 0.1) is 0 Å². The van der Waals surface area contributed by atoms with Gasteiger partial charge in [-0.05, 0) is 93.8 Å². The highest BCUT2D eigenvalue weighted by Crippen LogP contribution is 2.49. The zero-order valence-corrected chi connectivity index (χ0v) is 28.1. The lowest BCUT2D eigenvalue weighted by Crippen LogP contribution is -2.47. The normalized spacial score (nSPS) is 18.4. The van der Waals surface area contributed by atoms with Crippen LogP contribution in [0.1, 0.15) is 46.7 Å². The van der Waals surface area contributed by atoms with Crippen molar-refractivity contribution in [3.05, 3.63) is 173 Å². The molecule has 0 saturated carbocycles. The topological polar surface area (TPSA) is 19.4 Å². The molecule has 1 aliphatic heterocycles. The number of benzene rings is 5. The number of nitrogens with zero attached hydrogens (tertiary/aromatic N) is 3. The van der Waals surface area contributed by atoms with Crippen LogP contribution in [0.25, 0.3) is 27.1 Å². The van der Waals surface area contributed by atoms with Crippen LogP contribution in [-0.4, -0.2) is 42.6 Å². The predicted molar refractivity (Wildman–Crippen MR) is 205 cm³/mol. The highest BCUT2D eigenvalue weighted by molar-refractivity contribution is 5.95. The number of anilines is 1. The first-order valence-electron chi connectivity index (χ1n) is 18.2. The lowest BCUT2D eigenvalue weighted by atomic mass is 9.67. The van der Waals surface area contributed by atoms with Crippen molar-refractivity contribution in [1.29, 1.82) is 0 Å². The summed E-state index contributed by atoms with van der Waals surface area (Å²) in [5.41, 5.74) is 11.3. The molecule has 3 nitrogen and oxygen atoms in total. The van der Waals surface area contributed by atoms with Crippen molar-refractivity contribution < 1.29 is 0 Å². The third-order valence-corrected chi connectivity index (χ3v) is 11.3. The summed E-state index contributed by atoms with van der Waals surface area (Å²) in [7, 11) is 0. The van der Waals surface area contributed by atoms with Gasteiger partial charge in [-0.1, -0.05) is 121 Å². The smallest absolute Gasteiger partial charge is 0.0484 e. The van der Waals surface area contributed by atoms with E-state index in [1.807, 2.05) is 12.3 Å².